The van der Waals surface area contributed by atoms with E-state index in [1.165, 1.54) is 24.3 Å². The molecule has 1 saturated heterocycles. The van der Waals surface area contributed by atoms with Gasteiger partial charge in [0.05, 0.1) is 5.69 Å². The monoisotopic (exact) mass is 518 g/mol. The molecule has 1 saturated carbocycles. The number of nitrogens with one attached hydrogen (secondary N) is 1. The van der Waals surface area contributed by atoms with Crippen LogP contribution < -0.4 is 14.8 Å². The maximum absolute atomic E-state index is 13.5. The molecular formula is C28H27FN4O5. The van der Waals surface area contributed by atoms with Gasteiger partial charge < -0.3 is 24.2 Å². The maximum atomic E-state index is 13.5. The Hall–Kier alpha value is -4.05. The van der Waals surface area contributed by atoms with Gasteiger partial charge in [-0.2, -0.15) is 0 Å². The lowest BCUT2D eigenvalue weighted by molar-refractivity contribution is -0.116. The first-order valence-electron chi connectivity index (χ1n) is 12.7. The van der Waals surface area contributed by atoms with Gasteiger partial charge in [-0.1, -0.05) is 17.3 Å². The molecule has 196 valence electrons. The summed E-state index contributed by atoms with van der Waals surface area (Å²) in [5.74, 6) is 1.30. The van der Waals surface area contributed by atoms with Crippen LogP contribution in [0.5, 0.6) is 11.5 Å². The highest BCUT2D eigenvalue weighted by molar-refractivity contribution is 5.92. The molecule has 1 N–H and O–H groups in total. The average Bonchev–Trinajstić information content (AvgIpc) is 3.26. The first-order chi connectivity index (χ1) is 18.5. The summed E-state index contributed by atoms with van der Waals surface area (Å²) in [6.45, 7) is 7.60. The minimum absolute atomic E-state index is 0.0901. The van der Waals surface area contributed by atoms with E-state index in [1.54, 1.807) is 18.2 Å². The number of hydrogen-bond acceptors (Lipinski definition) is 8. The SMILES string of the molecule is C=C1[C@H](CNC(=O)/C=C/c2cc3c(cc2N=O)OCO3)[C@H]1CN1CCC(c2noc3cc(F)ccc23)CC1. The van der Waals surface area contributed by atoms with Crippen molar-refractivity contribution in [3.63, 3.8) is 0 Å². The molecule has 1 aliphatic carbocycles. The molecule has 2 atom stereocenters. The molecule has 9 nitrogen and oxygen atoms in total. The standard InChI is InChI=1S/C28H27FN4O5/c1-16-21(13-30-27(34)5-2-18-10-25-26(37-15-36-25)12-23(18)31-35)22(16)14-33-8-6-17(7-9-33)28-20-4-3-19(29)11-24(20)38-32-28/h2-5,10-12,17,21-22H,1,6-9,13-15H2,(H,30,34)/b5-2+/t21-,22-/m0/s1. The number of benzene rings is 2. The largest absolute Gasteiger partial charge is 0.454 e. The lowest BCUT2D eigenvalue weighted by atomic mass is 9.91. The predicted octanol–water partition coefficient (Wildman–Crippen LogP) is 4.90. The second-order valence-electron chi connectivity index (χ2n) is 10.0. The van der Waals surface area contributed by atoms with Gasteiger partial charge in [0.25, 0.3) is 0 Å². The van der Waals surface area contributed by atoms with Crippen LogP contribution in [0, 0.1) is 22.6 Å². The number of amides is 1. The number of ether oxygens (including phenoxy) is 2. The van der Waals surface area contributed by atoms with Gasteiger partial charge >= 0.3 is 0 Å². The van der Waals surface area contributed by atoms with Crippen LogP contribution in [0.15, 0.2) is 58.3 Å². The molecule has 1 amide bonds. The van der Waals surface area contributed by atoms with E-state index in [0.29, 0.717) is 41.0 Å². The van der Waals surface area contributed by atoms with Crippen molar-refractivity contribution in [2.45, 2.75) is 18.8 Å². The lowest BCUT2D eigenvalue weighted by Gasteiger charge is -2.31. The molecule has 2 fully saturated rings. The molecule has 3 aliphatic rings. The zero-order chi connectivity index (χ0) is 26.2. The van der Waals surface area contributed by atoms with Gasteiger partial charge in [0, 0.05) is 60.0 Å². The fraction of sp³-hybridized carbons (Fsp3) is 0.357. The summed E-state index contributed by atoms with van der Waals surface area (Å²) in [5.41, 5.74) is 3.24. The third-order valence-corrected chi connectivity index (χ3v) is 7.75. The van der Waals surface area contributed by atoms with E-state index >= 15 is 0 Å². The number of carbonyl (C=O) groups excluding carboxylic acids is 1. The molecule has 2 aliphatic heterocycles. The molecule has 0 unspecified atom stereocenters. The first kappa shape index (κ1) is 24.3. The zero-order valence-corrected chi connectivity index (χ0v) is 20.7. The smallest absolute Gasteiger partial charge is 0.244 e. The van der Waals surface area contributed by atoms with Crippen LogP contribution in [0.4, 0.5) is 10.1 Å². The van der Waals surface area contributed by atoms with Gasteiger partial charge in [0.2, 0.25) is 12.7 Å². The number of hydrogen-bond donors (Lipinski definition) is 1. The van der Waals surface area contributed by atoms with Gasteiger partial charge in [-0.15, -0.1) is 4.91 Å². The van der Waals surface area contributed by atoms with Crippen molar-refractivity contribution in [3.8, 4) is 11.5 Å². The summed E-state index contributed by atoms with van der Waals surface area (Å²) in [5, 5.41) is 11.1. The summed E-state index contributed by atoms with van der Waals surface area (Å²) in [6, 6.07) is 7.71. The Bertz CT molecular complexity index is 1440. The molecule has 0 bridgehead atoms. The van der Waals surface area contributed by atoms with Crippen LogP contribution in [-0.4, -0.2) is 48.9 Å². The number of piperidine rings is 1. The van der Waals surface area contributed by atoms with Gasteiger partial charge in [-0.05, 0) is 55.4 Å². The van der Waals surface area contributed by atoms with Crippen LogP contribution in [0.2, 0.25) is 0 Å². The maximum Gasteiger partial charge on any atom is 0.244 e. The van der Waals surface area contributed by atoms with Crippen molar-refractivity contribution < 1.29 is 23.2 Å². The Balaban J connectivity index is 0.972. The quantitative estimate of drug-likeness (QED) is 0.257. The molecule has 3 aromatic rings. The second kappa shape index (κ2) is 10.0. The molecule has 10 heteroatoms. The summed E-state index contributed by atoms with van der Waals surface area (Å²) >= 11 is 0. The first-order valence-corrected chi connectivity index (χ1v) is 12.7. The second-order valence-corrected chi connectivity index (χ2v) is 10.0. The van der Waals surface area contributed by atoms with Crippen molar-refractivity contribution in [1.82, 2.24) is 15.4 Å². The van der Waals surface area contributed by atoms with Crippen LogP contribution >= 0.6 is 0 Å². The number of likely N-dealkylation sites (tertiary alicyclic amines) is 1. The number of halogens is 1. The van der Waals surface area contributed by atoms with E-state index in [0.717, 1.165) is 49.1 Å². The van der Waals surface area contributed by atoms with Gasteiger partial charge in [-0.3, -0.25) is 4.79 Å². The number of nitroso groups, excluding NO2 is 1. The third-order valence-electron chi connectivity index (χ3n) is 7.75. The molecule has 0 radical (unpaired) electrons. The van der Waals surface area contributed by atoms with Gasteiger partial charge in [-0.25, -0.2) is 4.39 Å². The third kappa shape index (κ3) is 4.79. The number of aromatic nitrogens is 1. The van der Waals surface area contributed by atoms with Crippen molar-refractivity contribution in [1.29, 1.82) is 0 Å². The van der Waals surface area contributed by atoms with Crippen molar-refractivity contribution in [2.75, 3.05) is 33.0 Å². The highest BCUT2D eigenvalue weighted by Crippen LogP contribution is 2.45. The van der Waals surface area contributed by atoms with Crippen molar-refractivity contribution in [2.24, 2.45) is 17.0 Å². The summed E-state index contributed by atoms with van der Waals surface area (Å²) in [6.07, 6.45) is 4.86. The van der Waals surface area contributed by atoms with Crippen LogP contribution in [0.3, 0.4) is 0 Å². The minimum atomic E-state index is -0.324. The molecule has 0 spiro atoms. The number of rotatable bonds is 8. The number of carbonyl (C=O) groups is 1. The van der Waals surface area contributed by atoms with E-state index in [9.17, 15) is 14.1 Å². The van der Waals surface area contributed by atoms with Crippen molar-refractivity contribution in [3.05, 3.63) is 70.5 Å². The Morgan fingerprint density at radius 3 is 2.76 bits per heavy atom. The van der Waals surface area contributed by atoms with E-state index < -0.39 is 0 Å². The molecule has 2 aromatic carbocycles. The van der Waals surface area contributed by atoms with Crippen molar-refractivity contribution >= 4 is 28.6 Å². The fourth-order valence-electron chi connectivity index (χ4n) is 5.45. The lowest BCUT2D eigenvalue weighted by Crippen LogP contribution is -2.35. The van der Waals surface area contributed by atoms with Crippen LogP contribution in [0.1, 0.15) is 30.0 Å². The highest BCUT2D eigenvalue weighted by Gasteiger charge is 2.43. The van der Waals surface area contributed by atoms with E-state index in [-0.39, 0.29) is 30.1 Å². The fourth-order valence-corrected chi connectivity index (χ4v) is 5.45. The Morgan fingerprint density at radius 2 is 1.97 bits per heavy atom. The number of nitrogens with zero attached hydrogens (tertiary/aromatic N) is 3. The summed E-state index contributed by atoms with van der Waals surface area (Å²) in [7, 11) is 0. The van der Waals surface area contributed by atoms with Crippen LogP contribution in [-0.2, 0) is 4.79 Å². The average molecular weight is 519 g/mol. The van der Waals surface area contributed by atoms with Gasteiger partial charge in [0.1, 0.15) is 11.5 Å². The predicted molar refractivity (Wildman–Crippen MR) is 139 cm³/mol. The molecule has 1 aromatic heterocycles. The highest BCUT2D eigenvalue weighted by atomic mass is 19.1. The Kier molecular flexibility index (Phi) is 6.40. The summed E-state index contributed by atoms with van der Waals surface area (Å²) in [4.78, 5) is 26.0. The van der Waals surface area contributed by atoms with E-state index in [4.69, 9.17) is 14.0 Å². The normalized spacial score (nSPS) is 21.3. The Labute approximate surface area is 218 Å². The Morgan fingerprint density at radius 1 is 1.18 bits per heavy atom. The van der Waals surface area contributed by atoms with Gasteiger partial charge in [0.15, 0.2) is 17.1 Å². The molecule has 3 heterocycles. The number of fused-ring (bicyclic) bond motifs is 2. The van der Waals surface area contributed by atoms with E-state index in [1.807, 2.05) is 0 Å². The topological polar surface area (TPSA) is 106 Å². The molecular weight excluding hydrogens is 491 g/mol. The molecule has 38 heavy (non-hydrogen) atoms. The minimum Gasteiger partial charge on any atom is -0.454 e. The van der Waals surface area contributed by atoms with E-state index in [2.05, 4.69) is 27.1 Å². The zero-order valence-electron chi connectivity index (χ0n) is 20.7. The summed E-state index contributed by atoms with van der Waals surface area (Å²) < 4.78 is 29.4. The molecule has 6 rings (SSSR count). The van der Waals surface area contributed by atoms with Crippen LogP contribution in [0.25, 0.3) is 17.0 Å².